The molecule has 0 bridgehead atoms. The SMILES string of the molecule is CCc1c(O)cc(O)cc1C(C(=O)OC)C(=O)c1ccccc1. The van der Waals surface area contributed by atoms with Crippen LogP contribution < -0.4 is 0 Å². The van der Waals surface area contributed by atoms with E-state index in [0.717, 1.165) is 0 Å². The molecule has 0 aliphatic carbocycles. The molecular weight excluding hydrogens is 296 g/mol. The number of Topliss-reactive ketones (excluding diaryl/α,β-unsaturated/α-hetero) is 1. The summed E-state index contributed by atoms with van der Waals surface area (Å²) >= 11 is 0. The summed E-state index contributed by atoms with van der Waals surface area (Å²) in [4.78, 5) is 25.0. The lowest BCUT2D eigenvalue weighted by atomic mass is 9.86. The number of hydrogen-bond donors (Lipinski definition) is 2. The number of rotatable bonds is 5. The highest BCUT2D eigenvalue weighted by molar-refractivity contribution is 6.13. The van der Waals surface area contributed by atoms with Gasteiger partial charge in [0.05, 0.1) is 7.11 Å². The zero-order chi connectivity index (χ0) is 17.0. The Bertz CT molecular complexity index is 722. The van der Waals surface area contributed by atoms with Crippen molar-refractivity contribution in [3.63, 3.8) is 0 Å². The first-order chi connectivity index (χ1) is 11.0. The molecule has 0 aliphatic rings. The van der Waals surface area contributed by atoms with Gasteiger partial charge in [0.25, 0.3) is 0 Å². The summed E-state index contributed by atoms with van der Waals surface area (Å²) in [5, 5.41) is 19.8. The van der Waals surface area contributed by atoms with Gasteiger partial charge in [0.1, 0.15) is 17.4 Å². The van der Waals surface area contributed by atoms with E-state index in [1.807, 2.05) is 0 Å². The minimum Gasteiger partial charge on any atom is -0.508 e. The minimum atomic E-state index is -1.24. The van der Waals surface area contributed by atoms with Crippen molar-refractivity contribution in [3.05, 3.63) is 59.2 Å². The van der Waals surface area contributed by atoms with Gasteiger partial charge in [0.2, 0.25) is 0 Å². The quantitative estimate of drug-likeness (QED) is 0.504. The van der Waals surface area contributed by atoms with Crippen molar-refractivity contribution >= 4 is 11.8 Å². The molecule has 23 heavy (non-hydrogen) atoms. The average molecular weight is 314 g/mol. The van der Waals surface area contributed by atoms with Crippen LogP contribution in [0.15, 0.2) is 42.5 Å². The number of benzene rings is 2. The second kappa shape index (κ2) is 6.96. The first kappa shape index (κ1) is 16.5. The van der Waals surface area contributed by atoms with Gasteiger partial charge in [0.15, 0.2) is 5.78 Å². The molecule has 120 valence electrons. The van der Waals surface area contributed by atoms with Crippen LogP contribution in [0.2, 0.25) is 0 Å². The van der Waals surface area contributed by atoms with E-state index in [1.54, 1.807) is 37.3 Å². The molecule has 2 N–H and O–H groups in total. The zero-order valence-corrected chi connectivity index (χ0v) is 12.9. The lowest BCUT2D eigenvalue weighted by Gasteiger charge is -2.18. The zero-order valence-electron chi connectivity index (χ0n) is 12.9. The van der Waals surface area contributed by atoms with Crippen molar-refractivity contribution in [2.45, 2.75) is 19.3 Å². The van der Waals surface area contributed by atoms with Gasteiger partial charge in [0, 0.05) is 11.6 Å². The fraction of sp³-hybridized carbons (Fsp3) is 0.222. The molecule has 2 aromatic rings. The van der Waals surface area contributed by atoms with Gasteiger partial charge in [-0.1, -0.05) is 37.3 Å². The van der Waals surface area contributed by atoms with Crippen molar-refractivity contribution in [1.29, 1.82) is 0 Å². The van der Waals surface area contributed by atoms with Crippen LogP contribution in [0.25, 0.3) is 0 Å². The summed E-state index contributed by atoms with van der Waals surface area (Å²) in [6, 6.07) is 10.9. The first-order valence-electron chi connectivity index (χ1n) is 7.21. The van der Waals surface area contributed by atoms with Crippen molar-refractivity contribution in [2.24, 2.45) is 0 Å². The number of carbonyl (C=O) groups is 2. The first-order valence-corrected chi connectivity index (χ1v) is 7.21. The predicted molar refractivity (Wildman–Crippen MR) is 84.7 cm³/mol. The Kier molecular flexibility index (Phi) is 5.01. The smallest absolute Gasteiger partial charge is 0.321 e. The molecule has 0 amide bonds. The van der Waals surface area contributed by atoms with Crippen LogP contribution in [0.1, 0.15) is 34.3 Å². The van der Waals surface area contributed by atoms with Crippen molar-refractivity contribution in [1.82, 2.24) is 0 Å². The van der Waals surface area contributed by atoms with E-state index in [1.165, 1.54) is 19.2 Å². The molecular formula is C18H18O5. The van der Waals surface area contributed by atoms with Crippen molar-refractivity contribution < 1.29 is 24.5 Å². The highest BCUT2D eigenvalue weighted by atomic mass is 16.5. The Hall–Kier alpha value is -2.82. The van der Waals surface area contributed by atoms with Crippen LogP contribution in [-0.2, 0) is 16.0 Å². The molecule has 2 aromatic carbocycles. The van der Waals surface area contributed by atoms with Gasteiger partial charge >= 0.3 is 5.97 Å². The topological polar surface area (TPSA) is 83.8 Å². The molecule has 0 saturated carbocycles. The van der Waals surface area contributed by atoms with E-state index in [4.69, 9.17) is 4.74 Å². The highest BCUT2D eigenvalue weighted by Gasteiger charge is 2.33. The fourth-order valence-corrected chi connectivity index (χ4v) is 2.57. The molecule has 0 radical (unpaired) electrons. The summed E-state index contributed by atoms with van der Waals surface area (Å²) in [6.45, 7) is 1.79. The van der Waals surface area contributed by atoms with E-state index in [-0.39, 0.29) is 17.1 Å². The minimum absolute atomic E-state index is 0.155. The Morgan fingerprint density at radius 3 is 2.35 bits per heavy atom. The number of ketones is 1. The van der Waals surface area contributed by atoms with Gasteiger partial charge in [-0.25, -0.2) is 0 Å². The number of aromatic hydroxyl groups is 2. The summed E-state index contributed by atoms with van der Waals surface area (Å²) in [6.07, 6.45) is 0.400. The lowest BCUT2D eigenvalue weighted by molar-refractivity contribution is -0.141. The molecule has 0 heterocycles. The molecule has 2 rings (SSSR count). The van der Waals surface area contributed by atoms with Gasteiger partial charge in [-0.3, -0.25) is 9.59 Å². The van der Waals surface area contributed by atoms with E-state index >= 15 is 0 Å². The predicted octanol–water partition coefficient (Wildman–Crippen LogP) is 2.80. The molecule has 1 atom stereocenters. The van der Waals surface area contributed by atoms with Crippen LogP contribution >= 0.6 is 0 Å². The van der Waals surface area contributed by atoms with Crippen LogP contribution in [0.4, 0.5) is 0 Å². The normalized spacial score (nSPS) is 11.7. The maximum Gasteiger partial charge on any atom is 0.321 e. The van der Waals surface area contributed by atoms with E-state index in [0.29, 0.717) is 17.5 Å². The Labute approximate surface area is 134 Å². The van der Waals surface area contributed by atoms with Gasteiger partial charge < -0.3 is 14.9 Å². The Morgan fingerprint density at radius 2 is 1.78 bits per heavy atom. The molecule has 0 aromatic heterocycles. The third-order valence-corrected chi connectivity index (χ3v) is 3.67. The number of carbonyl (C=O) groups excluding carboxylic acids is 2. The second-order valence-electron chi connectivity index (χ2n) is 5.07. The summed E-state index contributed by atoms with van der Waals surface area (Å²) in [5.74, 6) is -2.80. The maximum atomic E-state index is 12.8. The van der Waals surface area contributed by atoms with Crippen molar-refractivity contribution in [3.8, 4) is 11.5 Å². The standard InChI is InChI=1S/C18H18O5/c1-3-13-14(9-12(19)10-15(13)20)16(18(22)23-2)17(21)11-7-5-4-6-8-11/h4-10,16,19-20H,3H2,1-2H3. The maximum absolute atomic E-state index is 12.8. The Balaban J connectivity index is 2.61. The third kappa shape index (κ3) is 3.34. The number of esters is 1. The Morgan fingerprint density at radius 1 is 1.13 bits per heavy atom. The molecule has 0 aliphatic heterocycles. The number of hydrogen-bond acceptors (Lipinski definition) is 5. The van der Waals surface area contributed by atoms with Gasteiger partial charge in [-0.15, -0.1) is 0 Å². The van der Waals surface area contributed by atoms with Crippen LogP contribution in [0, 0.1) is 0 Å². The second-order valence-corrected chi connectivity index (χ2v) is 5.07. The summed E-state index contributed by atoms with van der Waals surface area (Å²) < 4.78 is 4.77. The number of phenols is 2. The summed E-state index contributed by atoms with van der Waals surface area (Å²) in [7, 11) is 1.20. The molecule has 5 nitrogen and oxygen atoms in total. The summed E-state index contributed by atoms with van der Waals surface area (Å²) in [5.41, 5.74) is 1.04. The van der Waals surface area contributed by atoms with Crippen molar-refractivity contribution in [2.75, 3.05) is 7.11 Å². The monoisotopic (exact) mass is 314 g/mol. The van der Waals surface area contributed by atoms with Crippen LogP contribution in [0.3, 0.4) is 0 Å². The van der Waals surface area contributed by atoms with Gasteiger partial charge in [-0.05, 0) is 23.6 Å². The van der Waals surface area contributed by atoms with E-state index < -0.39 is 17.7 Å². The van der Waals surface area contributed by atoms with Crippen LogP contribution in [0.5, 0.6) is 11.5 Å². The van der Waals surface area contributed by atoms with E-state index in [2.05, 4.69) is 0 Å². The largest absolute Gasteiger partial charge is 0.508 e. The van der Waals surface area contributed by atoms with Crippen LogP contribution in [-0.4, -0.2) is 29.1 Å². The third-order valence-electron chi connectivity index (χ3n) is 3.67. The average Bonchev–Trinajstić information content (AvgIpc) is 2.55. The fourth-order valence-electron chi connectivity index (χ4n) is 2.57. The number of phenolic OH excluding ortho intramolecular Hbond substituents is 2. The molecule has 5 heteroatoms. The molecule has 0 saturated heterocycles. The van der Waals surface area contributed by atoms with E-state index in [9.17, 15) is 19.8 Å². The molecule has 0 fully saturated rings. The molecule has 0 spiro atoms. The van der Waals surface area contributed by atoms with Gasteiger partial charge in [-0.2, -0.15) is 0 Å². The highest BCUT2D eigenvalue weighted by Crippen LogP contribution is 2.34. The number of ether oxygens (including phenoxy) is 1. The number of methoxy groups -OCH3 is 1. The lowest BCUT2D eigenvalue weighted by Crippen LogP contribution is -2.24. The molecule has 1 unspecified atom stereocenters.